The highest BCUT2D eigenvalue weighted by Gasteiger charge is 2.03. The van der Waals surface area contributed by atoms with E-state index in [1.54, 1.807) is 7.11 Å². The number of halogens is 1. The molecule has 0 heterocycles. The van der Waals surface area contributed by atoms with E-state index in [1.807, 2.05) is 48.5 Å². The van der Waals surface area contributed by atoms with Gasteiger partial charge >= 0.3 is 0 Å². The summed E-state index contributed by atoms with van der Waals surface area (Å²) in [5.41, 5.74) is 9.51. The zero-order chi connectivity index (χ0) is 13.5. The van der Waals surface area contributed by atoms with Crippen LogP contribution < -0.4 is 15.6 Å². The second kappa shape index (κ2) is 7.02. The van der Waals surface area contributed by atoms with Gasteiger partial charge in [0.05, 0.1) is 13.0 Å². The second-order valence-corrected chi connectivity index (χ2v) is 4.39. The van der Waals surface area contributed by atoms with Gasteiger partial charge in [0.25, 0.3) is 0 Å². The third-order valence-corrected chi connectivity index (χ3v) is 3.08. The Hall–Kier alpha value is -1.71. The Morgan fingerprint density at radius 1 is 1.11 bits per heavy atom. The van der Waals surface area contributed by atoms with E-state index < -0.39 is 0 Å². The van der Waals surface area contributed by atoms with Gasteiger partial charge in [-0.25, -0.2) is 5.43 Å². The summed E-state index contributed by atoms with van der Waals surface area (Å²) in [5.74, 6) is 1.28. The van der Waals surface area contributed by atoms with Crippen molar-refractivity contribution in [2.24, 2.45) is 0 Å². The summed E-state index contributed by atoms with van der Waals surface area (Å²) >= 11 is 5.90. The Morgan fingerprint density at radius 2 is 1.89 bits per heavy atom. The predicted molar refractivity (Wildman–Crippen MR) is 79.5 cm³/mol. The zero-order valence-corrected chi connectivity index (χ0v) is 11.6. The van der Waals surface area contributed by atoms with E-state index in [-0.39, 0.29) is 0 Å². The lowest BCUT2D eigenvalue weighted by atomic mass is 10.1. The molecule has 0 unspecified atom stereocenters. The first kappa shape index (κ1) is 13.7. The van der Waals surface area contributed by atoms with Gasteiger partial charge < -0.3 is 10.2 Å². The van der Waals surface area contributed by atoms with Crippen molar-refractivity contribution in [3.63, 3.8) is 0 Å². The van der Waals surface area contributed by atoms with Crippen LogP contribution in [0.15, 0.2) is 48.5 Å². The standard InChI is InChI=1S/C15H17ClN2O/c1-19-15-8-7-12(9-13(15)10-16)11-17-18-14-5-3-2-4-6-14/h2-9,17-18H,10-11H2,1H3. The number of hydrazine groups is 1. The summed E-state index contributed by atoms with van der Waals surface area (Å²) < 4.78 is 5.24. The van der Waals surface area contributed by atoms with Crippen molar-refractivity contribution < 1.29 is 4.74 Å². The highest BCUT2D eigenvalue weighted by atomic mass is 35.5. The zero-order valence-electron chi connectivity index (χ0n) is 10.8. The monoisotopic (exact) mass is 276 g/mol. The van der Waals surface area contributed by atoms with E-state index in [0.717, 1.165) is 22.6 Å². The molecule has 0 aromatic heterocycles. The smallest absolute Gasteiger partial charge is 0.123 e. The molecular formula is C15H17ClN2O. The Balaban J connectivity index is 1.93. The predicted octanol–water partition coefficient (Wildman–Crippen LogP) is 3.55. The molecule has 100 valence electrons. The lowest BCUT2D eigenvalue weighted by Gasteiger charge is -2.11. The van der Waals surface area contributed by atoms with E-state index >= 15 is 0 Å². The van der Waals surface area contributed by atoms with Crippen LogP contribution in [-0.2, 0) is 12.4 Å². The first-order chi connectivity index (χ1) is 9.33. The molecular weight excluding hydrogens is 260 g/mol. The molecule has 2 N–H and O–H groups in total. The third-order valence-electron chi connectivity index (χ3n) is 2.79. The van der Waals surface area contributed by atoms with Crippen molar-refractivity contribution in [3.05, 3.63) is 59.7 Å². The van der Waals surface area contributed by atoms with Gasteiger partial charge in [0.15, 0.2) is 0 Å². The van der Waals surface area contributed by atoms with Crippen molar-refractivity contribution in [3.8, 4) is 5.75 Å². The minimum absolute atomic E-state index is 0.448. The Labute approximate surface area is 118 Å². The summed E-state index contributed by atoms with van der Waals surface area (Å²) in [7, 11) is 1.65. The van der Waals surface area contributed by atoms with Gasteiger partial charge in [-0.1, -0.05) is 24.3 Å². The molecule has 0 radical (unpaired) electrons. The first-order valence-electron chi connectivity index (χ1n) is 6.09. The molecule has 2 aromatic carbocycles. The number of nitrogens with one attached hydrogen (secondary N) is 2. The van der Waals surface area contributed by atoms with Gasteiger partial charge in [0.1, 0.15) is 5.75 Å². The molecule has 19 heavy (non-hydrogen) atoms. The van der Waals surface area contributed by atoms with Gasteiger partial charge in [-0.15, -0.1) is 11.6 Å². The lowest BCUT2D eigenvalue weighted by molar-refractivity contribution is 0.411. The van der Waals surface area contributed by atoms with Crippen LogP contribution >= 0.6 is 11.6 Å². The fraction of sp³-hybridized carbons (Fsp3) is 0.200. The molecule has 0 spiro atoms. The molecule has 0 aliphatic heterocycles. The average molecular weight is 277 g/mol. The summed E-state index contributed by atoms with van der Waals surface area (Å²) in [6.07, 6.45) is 0. The maximum absolute atomic E-state index is 5.90. The van der Waals surface area contributed by atoms with Crippen LogP contribution in [0.1, 0.15) is 11.1 Å². The van der Waals surface area contributed by atoms with Crippen LogP contribution in [0.5, 0.6) is 5.75 Å². The van der Waals surface area contributed by atoms with Crippen molar-refractivity contribution in [2.45, 2.75) is 12.4 Å². The molecule has 4 heteroatoms. The molecule has 0 aliphatic rings. The van der Waals surface area contributed by atoms with Crippen molar-refractivity contribution in [1.29, 1.82) is 0 Å². The van der Waals surface area contributed by atoms with Gasteiger partial charge in [-0.05, 0) is 29.8 Å². The number of alkyl halides is 1. The van der Waals surface area contributed by atoms with Gasteiger partial charge in [0, 0.05) is 17.8 Å². The fourth-order valence-electron chi connectivity index (χ4n) is 1.82. The van der Waals surface area contributed by atoms with Gasteiger partial charge in [0.2, 0.25) is 0 Å². The fourth-order valence-corrected chi connectivity index (χ4v) is 2.02. The quantitative estimate of drug-likeness (QED) is 0.625. The summed E-state index contributed by atoms with van der Waals surface area (Å²) in [6.45, 7) is 0.711. The van der Waals surface area contributed by atoms with Crippen LogP contribution in [0, 0.1) is 0 Å². The Kier molecular flexibility index (Phi) is 5.07. The Bertz CT molecular complexity index is 517. The van der Waals surface area contributed by atoms with Crippen molar-refractivity contribution in [1.82, 2.24) is 5.43 Å². The molecule has 0 fully saturated rings. The highest BCUT2D eigenvalue weighted by molar-refractivity contribution is 6.17. The summed E-state index contributed by atoms with van der Waals surface area (Å²) in [5, 5.41) is 0. The highest BCUT2D eigenvalue weighted by Crippen LogP contribution is 2.21. The molecule has 0 saturated carbocycles. The van der Waals surface area contributed by atoms with Crippen LogP contribution in [0.4, 0.5) is 5.69 Å². The molecule has 2 rings (SSSR count). The average Bonchev–Trinajstić information content (AvgIpc) is 2.48. The summed E-state index contributed by atoms with van der Waals surface area (Å²) in [4.78, 5) is 0. The molecule has 0 atom stereocenters. The maximum Gasteiger partial charge on any atom is 0.123 e. The van der Waals surface area contributed by atoms with Crippen molar-refractivity contribution in [2.75, 3.05) is 12.5 Å². The topological polar surface area (TPSA) is 33.3 Å². The van der Waals surface area contributed by atoms with Gasteiger partial charge in [-0.3, -0.25) is 0 Å². The normalized spacial score (nSPS) is 10.2. The van der Waals surface area contributed by atoms with Gasteiger partial charge in [-0.2, -0.15) is 0 Å². The Morgan fingerprint density at radius 3 is 2.58 bits per heavy atom. The van der Waals surface area contributed by atoms with Crippen LogP contribution in [-0.4, -0.2) is 7.11 Å². The van der Waals surface area contributed by atoms with Crippen molar-refractivity contribution >= 4 is 17.3 Å². The van der Waals surface area contributed by atoms with Crippen LogP contribution in [0.25, 0.3) is 0 Å². The van der Waals surface area contributed by atoms with Crippen LogP contribution in [0.3, 0.4) is 0 Å². The molecule has 0 saturated heterocycles. The number of benzene rings is 2. The van der Waals surface area contributed by atoms with E-state index in [2.05, 4.69) is 10.9 Å². The second-order valence-electron chi connectivity index (χ2n) is 4.12. The number of hydrogen-bond donors (Lipinski definition) is 2. The minimum Gasteiger partial charge on any atom is -0.496 e. The largest absolute Gasteiger partial charge is 0.496 e. The number of rotatable bonds is 6. The number of ether oxygens (including phenoxy) is 1. The third kappa shape index (κ3) is 3.88. The number of hydrogen-bond acceptors (Lipinski definition) is 3. The minimum atomic E-state index is 0.448. The molecule has 3 nitrogen and oxygen atoms in total. The maximum atomic E-state index is 5.90. The molecule has 0 aliphatic carbocycles. The number of methoxy groups -OCH3 is 1. The summed E-state index contributed by atoms with van der Waals surface area (Å²) in [6, 6.07) is 16.0. The van der Waals surface area contributed by atoms with E-state index in [9.17, 15) is 0 Å². The number of anilines is 1. The molecule has 0 amide bonds. The van der Waals surface area contributed by atoms with E-state index in [1.165, 1.54) is 0 Å². The van der Waals surface area contributed by atoms with E-state index in [0.29, 0.717) is 12.4 Å². The molecule has 2 aromatic rings. The lowest BCUT2D eigenvalue weighted by Crippen LogP contribution is -2.20. The SMILES string of the molecule is COc1ccc(CNNc2ccccc2)cc1CCl. The number of para-hydroxylation sites is 1. The van der Waals surface area contributed by atoms with E-state index in [4.69, 9.17) is 16.3 Å². The molecule has 0 bridgehead atoms. The first-order valence-corrected chi connectivity index (χ1v) is 6.62. The van der Waals surface area contributed by atoms with Crippen LogP contribution in [0.2, 0.25) is 0 Å².